The molecule has 0 amide bonds. The third-order valence-electron chi connectivity index (χ3n) is 27.4. The molecule has 12 heterocycles. The van der Waals surface area contributed by atoms with E-state index in [4.69, 9.17) is 4.11 Å². The Morgan fingerprint density at radius 1 is 0.262 bits per heavy atom. The first-order chi connectivity index (χ1) is 64.4. The topological polar surface area (TPSA) is 101 Å². The van der Waals surface area contributed by atoms with Gasteiger partial charge < -0.3 is 0 Å². The van der Waals surface area contributed by atoms with E-state index in [-0.39, 0.29) is 0 Å². The first-order valence-corrected chi connectivity index (χ1v) is 47.5. The van der Waals surface area contributed by atoms with E-state index in [0.717, 1.165) is 51.6 Å². The fourth-order valence-corrected chi connectivity index (χ4v) is 20.7. The van der Waals surface area contributed by atoms with Gasteiger partial charge >= 0.3 is 0 Å². The summed E-state index contributed by atoms with van der Waals surface area (Å²) in [7, 11) is 12.7. The van der Waals surface area contributed by atoms with Crippen LogP contribution in [0.4, 0.5) is 0 Å². The normalized spacial score (nSPS) is 14.4. The van der Waals surface area contributed by atoms with Crippen molar-refractivity contribution in [1.82, 2.24) is 29.9 Å². The first kappa shape index (κ1) is 89.4. The van der Waals surface area contributed by atoms with E-state index >= 15 is 0 Å². The number of hydrogen-bond donors (Lipinski definition) is 0. The minimum Gasteiger partial charge on any atom is -0.264 e. The second kappa shape index (κ2) is 45.1. The Morgan fingerprint density at radius 2 is 0.562 bits per heavy atom. The molecular weight excluding hydrogens is 1590 g/mol. The Hall–Kier alpha value is -12.5. The number of aromatic nitrogens is 12. The molecule has 4 aliphatic rings. The van der Waals surface area contributed by atoms with Crippen molar-refractivity contribution >= 4 is 0 Å². The van der Waals surface area contributed by atoms with Crippen molar-refractivity contribution in [2.24, 2.45) is 54.1 Å². The third kappa shape index (κ3) is 23.0. The summed E-state index contributed by atoms with van der Waals surface area (Å²) in [5, 5.41) is 0. The van der Waals surface area contributed by atoms with Crippen molar-refractivity contribution in [3.05, 3.63) is 359 Å². The molecule has 4 aliphatic carbocycles. The zero-order chi connectivity index (χ0) is 93.7. The van der Waals surface area contributed by atoms with Gasteiger partial charge in [-0.25, -0.2) is 27.4 Å². The van der Waals surface area contributed by atoms with Gasteiger partial charge in [0.1, 0.15) is 42.3 Å². The second-order valence-corrected chi connectivity index (χ2v) is 37.0. The third-order valence-corrected chi connectivity index (χ3v) is 27.4. The van der Waals surface area contributed by atoms with Crippen LogP contribution >= 0.6 is 0 Å². The number of benzene rings is 3. The van der Waals surface area contributed by atoms with E-state index in [2.05, 4.69) is 302 Å². The summed E-state index contributed by atoms with van der Waals surface area (Å²) >= 11 is 0. The summed E-state index contributed by atoms with van der Waals surface area (Å²) in [5.41, 5.74) is 39.4. The molecule has 0 saturated heterocycles. The molecule has 0 radical (unpaired) electrons. The number of nitrogens with zero attached hydrogens (tertiary/aromatic N) is 12. The van der Waals surface area contributed by atoms with Gasteiger partial charge in [0.25, 0.3) is 0 Å². The Labute approximate surface area is 780 Å². The Bertz CT molecular complexity index is 6430. The van der Waals surface area contributed by atoms with Crippen LogP contribution in [-0.4, -0.2) is 29.9 Å². The zero-order valence-electron chi connectivity index (χ0n) is 82.9. The van der Waals surface area contributed by atoms with Gasteiger partial charge in [-0.1, -0.05) is 156 Å². The highest BCUT2D eigenvalue weighted by Crippen LogP contribution is 2.43. The molecule has 12 heteroatoms. The van der Waals surface area contributed by atoms with Gasteiger partial charge in [-0.05, 0) is 276 Å². The van der Waals surface area contributed by atoms with Gasteiger partial charge in [0.15, 0.2) is 37.2 Å². The lowest BCUT2D eigenvalue weighted by molar-refractivity contribution is -0.661. The molecule has 0 N–H and O–H groups in total. The summed E-state index contributed by atoms with van der Waals surface area (Å²) in [6.07, 6.45) is 62.8. The minimum atomic E-state index is -2.16. The van der Waals surface area contributed by atoms with Gasteiger partial charge in [-0.2, -0.15) is 0 Å². The van der Waals surface area contributed by atoms with Gasteiger partial charge in [-0.15, -0.1) is 0 Å². The van der Waals surface area contributed by atoms with Crippen molar-refractivity contribution < 1.29 is 31.5 Å². The van der Waals surface area contributed by atoms with E-state index in [9.17, 15) is 0 Å². The van der Waals surface area contributed by atoms with Gasteiger partial charge in [0.2, 0.25) is 34.2 Å². The Morgan fingerprint density at radius 3 is 0.946 bits per heavy atom. The molecule has 12 aromatic heterocycles. The van der Waals surface area contributed by atoms with E-state index in [1.807, 2.05) is 123 Å². The Kier molecular flexibility index (Phi) is 31.1. The molecule has 0 unspecified atom stereocenters. The lowest BCUT2D eigenvalue weighted by Gasteiger charge is -2.23. The molecule has 0 aliphatic heterocycles. The van der Waals surface area contributed by atoms with Crippen LogP contribution < -0.4 is 27.4 Å². The monoisotopic (exact) mass is 1730 g/mol. The zero-order valence-corrected chi connectivity index (χ0v) is 79.9. The fraction of sp³-hybridized carbons (Fsp3) is 0.339. The van der Waals surface area contributed by atoms with Crippen molar-refractivity contribution in [2.75, 3.05) is 0 Å². The van der Waals surface area contributed by atoms with E-state index in [1.165, 1.54) is 274 Å². The highest BCUT2D eigenvalue weighted by Gasteiger charge is 2.31. The van der Waals surface area contributed by atoms with Crippen LogP contribution in [0.15, 0.2) is 281 Å². The standard InChI is InChI=1S/C27H27N2.C19H19N2.C19H25N2.2C18H23N2.C17H21N2/c1-18-8-10-22(11-9-18)23-15-19(2)26(20(3)16-23)25-7-6-14-29(5)27(25)24-12-13-28-17-21(24)4;1-14-7-4-5-8-16(14)18-9-6-12-21(3)19(18)17-10-11-20-13-15(17)2;1-15-14-20-11-10-18(15)19-17(9-6-12-21(19)2)13-16-7-4-3-5-8-16;1-14-13-19-10-9-17(14)18-16(8-5-11-20(18)2)12-15-6-3-4-7-15;1-14-13-19-11-10-16(14)18-17(9-6-12-20(18)2)15-7-4-3-5-8-15;1-13-12-18-10-9-15(13)17-16(8-5-11-19(17)2)14-6-3-4-7-14/h6-17H,1-5H3;4-13H,1-3H3;6,9-12,14,16H,3-5,7-8,13H2,1-2H3;5,8-11,13,15H,3-4,6-7,12H2,1-2H3;6,9-13,15H,3-5,7-8H2,1-2H3;5,8-12,14H,3-4,6-7H2,1-2H3/q6*+1/i;1D3;;;;. The average Bonchev–Trinajstić information content (AvgIpc) is 1.23. The number of pyridine rings is 12. The Balaban J connectivity index is 0.000000129. The minimum absolute atomic E-state index is 0.365. The molecule has 664 valence electrons. The molecule has 4 fully saturated rings. The van der Waals surface area contributed by atoms with Crippen LogP contribution in [0, 0.1) is 81.0 Å². The maximum atomic E-state index is 7.85. The molecule has 15 aromatic rings. The average molecular weight is 1730 g/mol. The van der Waals surface area contributed by atoms with Crippen LogP contribution in [0.2, 0.25) is 0 Å². The first-order valence-electron chi connectivity index (χ1n) is 49.0. The highest BCUT2D eigenvalue weighted by atomic mass is 15.0. The molecular formula is C118H138N12+6. The van der Waals surface area contributed by atoms with Crippen LogP contribution in [0.25, 0.3) is 101 Å². The predicted octanol–water partition coefficient (Wildman–Crippen LogP) is 25.1. The van der Waals surface area contributed by atoms with Crippen molar-refractivity contribution in [1.29, 1.82) is 0 Å². The van der Waals surface area contributed by atoms with E-state index in [1.54, 1.807) is 18.3 Å². The highest BCUT2D eigenvalue weighted by molar-refractivity contribution is 5.86. The smallest absolute Gasteiger partial charge is 0.220 e. The van der Waals surface area contributed by atoms with Crippen molar-refractivity contribution in [3.63, 3.8) is 0 Å². The van der Waals surface area contributed by atoms with Crippen LogP contribution in [0.3, 0.4) is 0 Å². The van der Waals surface area contributed by atoms with Crippen LogP contribution in [0.1, 0.15) is 209 Å². The SMILES string of the molecule is Cc1ccc(-c2cc(C)c(-c3ccc[n+](C)c3-c3ccncc3C)c(C)c2)cc1.Cc1cnccc1-c1c(C2CCCC2)ccc[n+]1C.Cc1cnccc1-c1c(C2CCCCC2)ccc[n+]1C.Cc1cnccc1-c1c(CC2CCCC2)ccc[n+]1C.Cc1cnccc1-c1c(CC2CCCCC2)ccc[n+]1C.[2H]C([2H])([2H])c1ccccc1-c1ccc[n+](C)c1-c1ccncc1C. The summed E-state index contributed by atoms with van der Waals surface area (Å²) in [6, 6.07) is 59.5. The van der Waals surface area contributed by atoms with Gasteiger partial charge in [-0.3, -0.25) is 29.9 Å². The summed E-state index contributed by atoms with van der Waals surface area (Å²) < 4.78 is 36.8. The fourth-order valence-electron chi connectivity index (χ4n) is 20.7. The second-order valence-electron chi connectivity index (χ2n) is 37.0. The molecule has 0 spiro atoms. The summed E-state index contributed by atoms with van der Waals surface area (Å²) in [6.45, 7) is 17.1. The largest absolute Gasteiger partial charge is 0.264 e. The van der Waals surface area contributed by atoms with Crippen LogP contribution in [-0.2, 0) is 55.1 Å². The quantitative estimate of drug-likeness (QED) is 0.0948. The molecule has 130 heavy (non-hydrogen) atoms. The maximum absolute atomic E-state index is 7.85. The molecule has 4 saturated carbocycles. The lowest BCUT2D eigenvalue weighted by atomic mass is 9.82. The predicted molar refractivity (Wildman–Crippen MR) is 532 cm³/mol. The van der Waals surface area contributed by atoms with Crippen LogP contribution in [0.5, 0.6) is 0 Å². The van der Waals surface area contributed by atoms with Gasteiger partial charge in [0, 0.05) is 137 Å². The molecule has 0 bridgehead atoms. The van der Waals surface area contributed by atoms with E-state index < -0.39 is 6.85 Å². The van der Waals surface area contributed by atoms with Crippen molar-refractivity contribution in [3.8, 4) is 101 Å². The molecule has 12 nitrogen and oxygen atoms in total. The van der Waals surface area contributed by atoms with Gasteiger partial charge in [0.05, 0.1) is 44.5 Å². The molecule has 0 atom stereocenters. The molecule has 3 aromatic carbocycles. The maximum Gasteiger partial charge on any atom is 0.220 e. The molecule has 19 rings (SSSR count). The number of aryl methyl sites for hydroxylation is 16. The number of hydrogen-bond acceptors (Lipinski definition) is 6. The summed E-state index contributed by atoms with van der Waals surface area (Å²) in [4.78, 5) is 25.4. The van der Waals surface area contributed by atoms with Crippen molar-refractivity contribution in [2.45, 2.75) is 209 Å². The number of rotatable bonds is 15. The van der Waals surface area contributed by atoms with E-state index in [0.29, 0.717) is 5.56 Å². The summed E-state index contributed by atoms with van der Waals surface area (Å²) in [5.74, 6) is 3.19. The lowest BCUT2D eigenvalue weighted by Crippen LogP contribution is -2.32.